The molecule has 0 fully saturated rings. The summed E-state index contributed by atoms with van der Waals surface area (Å²) in [7, 11) is 0. The highest BCUT2D eigenvalue weighted by atomic mass is 16.3. The van der Waals surface area contributed by atoms with Gasteiger partial charge in [0.05, 0.1) is 6.61 Å². The van der Waals surface area contributed by atoms with Crippen LogP contribution in [0.1, 0.15) is 52.4 Å². The topological polar surface area (TPSA) is 49.5 Å². The summed E-state index contributed by atoms with van der Waals surface area (Å²) in [6.45, 7) is 7.24. The van der Waals surface area contributed by atoms with E-state index >= 15 is 0 Å². The quantitative estimate of drug-likeness (QED) is 0.534. The first-order valence-corrected chi connectivity index (χ1v) is 6.79. The third-order valence-corrected chi connectivity index (χ3v) is 2.79. The van der Waals surface area contributed by atoms with E-state index in [9.17, 15) is 0 Å². The Bertz CT molecular complexity index is 140. The van der Waals surface area contributed by atoms with Gasteiger partial charge in [-0.05, 0) is 19.9 Å². The average Bonchev–Trinajstić information content (AvgIpc) is 2.22. The molecule has 1 atom stereocenters. The minimum atomic E-state index is 0.201. The van der Waals surface area contributed by atoms with E-state index in [1.807, 2.05) is 6.92 Å². The van der Waals surface area contributed by atoms with E-state index in [2.05, 4.69) is 11.8 Å². The molecular formula is C13H30N2O. The van der Waals surface area contributed by atoms with Crippen LogP contribution >= 0.6 is 0 Å². The number of nitrogens with two attached hydrogens (primary N) is 1. The SMILES string of the molecule is CCCCCCCCN(CCO)CC(C)N. The monoisotopic (exact) mass is 230 g/mol. The van der Waals surface area contributed by atoms with Gasteiger partial charge < -0.3 is 10.8 Å². The fourth-order valence-corrected chi connectivity index (χ4v) is 1.96. The first kappa shape index (κ1) is 15.9. The first-order chi connectivity index (χ1) is 7.70. The molecule has 0 aliphatic rings. The van der Waals surface area contributed by atoms with Crippen molar-refractivity contribution in [2.45, 2.75) is 58.4 Å². The highest BCUT2D eigenvalue weighted by molar-refractivity contribution is 4.64. The Morgan fingerprint density at radius 3 is 2.25 bits per heavy atom. The summed E-state index contributed by atoms with van der Waals surface area (Å²) < 4.78 is 0. The van der Waals surface area contributed by atoms with Gasteiger partial charge in [-0.25, -0.2) is 0 Å². The van der Waals surface area contributed by atoms with Crippen molar-refractivity contribution in [2.75, 3.05) is 26.2 Å². The smallest absolute Gasteiger partial charge is 0.0558 e. The molecule has 0 aromatic carbocycles. The Morgan fingerprint density at radius 2 is 1.69 bits per heavy atom. The molecule has 0 aliphatic carbocycles. The summed E-state index contributed by atoms with van der Waals surface area (Å²) in [6.07, 6.45) is 7.92. The molecule has 0 saturated carbocycles. The minimum Gasteiger partial charge on any atom is -0.395 e. The fraction of sp³-hybridized carbons (Fsp3) is 1.00. The van der Waals surface area contributed by atoms with Crippen molar-refractivity contribution in [1.29, 1.82) is 0 Å². The minimum absolute atomic E-state index is 0.201. The Labute approximate surface area is 101 Å². The lowest BCUT2D eigenvalue weighted by Gasteiger charge is -2.23. The summed E-state index contributed by atoms with van der Waals surface area (Å²) >= 11 is 0. The Hall–Kier alpha value is -0.120. The molecule has 0 aromatic heterocycles. The predicted octanol–water partition coefficient (Wildman–Crippen LogP) is 1.99. The van der Waals surface area contributed by atoms with Gasteiger partial charge in [0.15, 0.2) is 0 Å². The van der Waals surface area contributed by atoms with Crippen molar-refractivity contribution in [2.24, 2.45) is 5.73 Å². The molecule has 0 saturated heterocycles. The van der Waals surface area contributed by atoms with Gasteiger partial charge in [-0.15, -0.1) is 0 Å². The maximum Gasteiger partial charge on any atom is 0.0558 e. The second-order valence-electron chi connectivity index (χ2n) is 4.77. The van der Waals surface area contributed by atoms with Gasteiger partial charge in [-0.1, -0.05) is 39.0 Å². The highest BCUT2D eigenvalue weighted by Crippen LogP contribution is 2.06. The van der Waals surface area contributed by atoms with Crippen molar-refractivity contribution in [3.63, 3.8) is 0 Å². The fourth-order valence-electron chi connectivity index (χ4n) is 1.96. The van der Waals surface area contributed by atoms with E-state index < -0.39 is 0 Å². The Kier molecular flexibility index (Phi) is 11.3. The van der Waals surface area contributed by atoms with Gasteiger partial charge in [0.25, 0.3) is 0 Å². The summed E-state index contributed by atoms with van der Waals surface area (Å²) in [5, 5.41) is 8.94. The summed E-state index contributed by atoms with van der Waals surface area (Å²) in [4.78, 5) is 2.27. The molecule has 1 unspecified atom stereocenters. The molecule has 0 radical (unpaired) electrons. The number of aliphatic hydroxyl groups is 1. The van der Waals surface area contributed by atoms with E-state index in [-0.39, 0.29) is 12.6 Å². The van der Waals surface area contributed by atoms with Gasteiger partial charge in [0.1, 0.15) is 0 Å². The predicted molar refractivity (Wildman–Crippen MR) is 70.6 cm³/mol. The van der Waals surface area contributed by atoms with Gasteiger partial charge in [-0.2, -0.15) is 0 Å². The normalized spacial score (nSPS) is 13.3. The lowest BCUT2D eigenvalue weighted by atomic mass is 10.1. The summed E-state index contributed by atoms with van der Waals surface area (Å²) in [6, 6.07) is 0.201. The third-order valence-electron chi connectivity index (χ3n) is 2.79. The van der Waals surface area contributed by atoms with E-state index in [0.29, 0.717) is 0 Å². The number of nitrogens with zero attached hydrogens (tertiary/aromatic N) is 1. The molecular weight excluding hydrogens is 200 g/mol. The third kappa shape index (κ3) is 10.4. The average molecular weight is 230 g/mol. The number of hydrogen-bond acceptors (Lipinski definition) is 3. The van der Waals surface area contributed by atoms with Crippen LogP contribution in [0.25, 0.3) is 0 Å². The molecule has 3 heteroatoms. The van der Waals surface area contributed by atoms with Gasteiger partial charge in [0.2, 0.25) is 0 Å². The zero-order chi connectivity index (χ0) is 12.2. The standard InChI is InChI=1S/C13H30N2O/c1-3-4-5-6-7-8-9-15(10-11-16)12-13(2)14/h13,16H,3-12,14H2,1-2H3. The van der Waals surface area contributed by atoms with Gasteiger partial charge in [-0.3, -0.25) is 4.90 Å². The molecule has 3 nitrogen and oxygen atoms in total. The molecule has 0 bridgehead atoms. The molecule has 16 heavy (non-hydrogen) atoms. The summed E-state index contributed by atoms with van der Waals surface area (Å²) in [5.74, 6) is 0. The Balaban J connectivity index is 3.44. The first-order valence-electron chi connectivity index (χ1n) is 6.79. The van der Waals surface area contributed by atoms with Crippen LogP contribution in [0.3, 0.4) is 0 Å². The number of aliphatic hydroxyl groups excluding tert-OH is 1. The number of unbranched alkanes of at least 4 members (excludes halogenated alkanes) is 5. The lowest BCUT2D eigenvalue weighted by molar-refractivity contribution is 0.187. The van der Waals surface area contributed by atoms with Crippen LogP contribution in [-0.2, 0) is 0 Å². The zero-order valence-electron chi connectivity index (χ0n) is 11.1. The second kappa shape index (κ2) is 11.4. The molecule has 0 heterocycles. The number of hydrogen-bond donors (Lipinski definition) is 2. The zero-order valence-corrected chi connectivity index (χ0v) is 11.1. The second-order valence-corrected chi connectivity index (χ2v) is 4.77. The molecule has 0 amide bonds. The van der Waals surface area contributed by atoms with Crippen molar-refractivity contribution in [3.05, 3.63) is 0 Å². The van der Waals surface area contributed by atoms with Crippen LogP contribution in [0.4, 0.5) is 0 Å². The van der Waals surface area contributed by atoms with Crippen LogP contribution < -0.4 is 5.73 Å². The van der Waals surface area contributed by atoms with Gasteiger partial charge in [0, 0.05) is 19.1 Å². The Morgan fingerprint density at radius 1 is 1.06 bits per heavy atom. The lowest BCUT2D eigenvalue weighted by Crippen LogP contribution is -2.37. The van der Waals surface area contributed by atoms with Crippen LogP contribution in [0.15, 0.2) is 0 Å². The van der Waals surface area contributed by atoms with Gasteiger partial charge >= 0.3 is 0 Å². The molecule has 98 valence electrons. The van der Waals surface area contributed by atoms with E-state index in [4.69, 9.17) is 10.8 Å². The molecule has 3 N–H and O–H groups in total. The van der Waals surface area contributed by atoms with E-state index in [1.165, 1.54) is 38.5 Å². The summed E-state index contributed by atoms with van der Waals surface area (Å²) in [5.41, 5.74) is 5.77. The molecule has 0 aliphatic heterocycles. The van der Waals surface area contributed by atoms with Crippen LogP contribution in [-0.4, -0.2) is 42.3 Å². The van der Waals surface area contributed by atoms with Crippen LogP contribution in [0.2, 0.25) is 0 Å². The largest absolute Gasteiger partial charge is 0.395 e. The molecule has 0 aromatic rings. The van der Waals surface area contributed by atoms with E-state index in [1.54, 1.807) is 0 Å². The maximum absolute atomic E-state index is 8.94. The number of rotatable bonds is 11. The van der Waals surface area contributed by atoms with Crippen LogP contribution in [0, 0.1) is 0 Å². The van der Waals surface area contributed by atoms with Crippen molar-refractivity contribution >= 4 is 0 Å². The van der Waals surface area contributed by atoms with Crippen molar-refractivity contribution in [3.8, 4) is 0 Å². The highest BCUT2D eigenvalue weighted by Gasteiger charge is 2.05. The molecule has 0 rings (SSSR count). The molecule has 0 spiro atoms. The maximum atomic E-state index is 8.94. The van der Waals surface area contributed by atoms with E-state index in [0.717, 1.165) is 19.6 Å². The van der Waals surface area contributed by atoms with Crippen LogP contribution in [0.5, 0.6) is 0 Å². The van der Waals surface area contributed by atoms with Crippen molar-refractivity contribution < 1.29 is 5.11 Å². The van der Waals surface area contributed by atoms with Crippen molar-refractivity contribution in [1.82, 2.24) is 4.90 Å².